The lowest BCUT2D eigenvalue weighted by Gasteiger charge is -2.34. The third-order valence-corrected chi connectivity index (χ3v) is 8.06. The van der Waals surface area contributed by atoms with Gasteiger partial charge in [0.2, 0.25) is 0 Å². The lowest BCUT2D eigenvalue weighted by atomic mass is 9.81. The molecule has 1 saturated carbocycles. The first-order chi connectivity index (χ1) is 16.1. The lowest BCUT2D eigenvalue weighted by Crippen LogP contribution is -2.33. The fourth-order valence-corrected chi connectivity index (χ4v) is 5.93. The Morgan fingerprint density at radius 3 is 2.76 bits per heavy atom. The standard InChI is InChI=1S/C25H24ClN3O3S/c26-19-12-27-23-18(22(19)21-13-28-24(33-21)25(30)8-2-9-25)11-20(29-23)15-4-6-16(7-5-15)32-14-17-3-1-10-31-17/h4-7,11-13,17,30H,1-3,8-10,14H2,(H,27,29). The number of aromatic nitrogens is 3. The van der Waals surface area contributed by atoms with Crippen LogP contribution in [0.25, 0.3) is 32.7 Å². The smallest absolute Gasteiger partial charge is 0.138 e. The van der Waals surface area contributed by atoms with Gasteiger partial charge in [0.15, 0.2) is 0 Å². The number of hydrogen-bond acceptors (Lipinski definition) is 6. The predicted octanol–water partition coefficient (Wildman–Crippen LogP) is 5.94. The van der Waals surface area contributed by atoms with Gasteiger partial charge in [-0.05, 0) is 68.0 Å². The van der Waals surface area contributed by atoms with Crippen LogP contribution in [0.3, 0.4) is 0 Å². The average molecular weight is 482 g/mol. The Labute approximate surface area is 200 Å². The third-order valence-electron chi connectivity index (χ3n) is 6.57. The van der Waals surface area contributed by atoms with Gasteiger partial charge in [-0.2, -0.15) is 0 Å². The molecule has 8 heteroatoms. The van der Waals surface area contributed by atoms with E-state index in [1.54, 1.807) is 6.20 Å². The Bertz CT molecular complexity index is 1290. The van der Waals surface area contributed by atoms with E-state index in [1.807, 2.05) is 30.5 Å². The molecule has 170 valence electrons. The van der Waals surface area contributed by atoms with Crippen molar-refractivity contribution in [3.8, 4) is 27.4 Å². The summed E-state index contributed by atoms with van der Waals surface area (Å²) in [7, 11) is 0. The minimum absolute atomic E-state index is 0.199. The molecule has 6 nitrogen and oxygen atoms in total. The van der Waals surface area contributed by atoms with E-state index in [0.29, 0.717) is 11.6 Å². The van der Waals surface area contributed by atoms with Crippen LogP contribution in [0.4, 0.5) is 0 Å². The summed E-state index contributed by atoms with van der Waals surface area (Å²) in [4.78, 5) is 13.4. The zero-order chi connectivity index (χ0) is 22.4. The molecule has 1 aromatic carbocycles. The topological polar surface area (TPSA) is 80.3 Å². The van der Waals surface area contributed by atoms with Crippen molar-refractivity contribution in [1.29, 1.82) is 0 Å². The van der Waals surface area contributed by atoms with Crippen molar-refractivity contribution in [3.05, 3.63) is 52.8 Å². The number of ether oxygens (including phenoxy) is 2. The lowest BCUT2D eigenvalue weighted by molar-refractivity contribution is -0.0389. The molecule has 4 heterocycles. The summed E-state index contributed by atoms with van der Waals surface area (Å²) in [6, 6.07) is 10.1. The molecule has 0 spiro atoms. The highest BCUT2D eigenvalue weighted by Gasteiger charge is 2.39. The van der Waals surface area contributed by atoms with Gasteiger partial charge in [0.1, 0.15) is 28.6 Å². The van der Waals surface area contributed by atoms with Crippen molar-refractivity contribution in [1.82, 2.24) is 15.0 Å². The number of nitrogens with one attached hydrogen (secondary N) is 1. The molecule has 1 atom stereocenters. The number of benzene rings is 1. The van der Waals surface area contributed by atoms with Crippen molar-refractivity contribution in [2.24, 2.45) is 0 Å². The molecule has 1 unspecified atom stereocenters. The number of rotatable bonds is 6. The van der Waals surface area contributed by atoms with Crippen LogP contribution in [0.1, 0.15) is 37.1 Å². The van der Waals surface area contributed by atoms with Gasteiger partial charge >= 0.3 is 0 Å². The van der Waals surface area contributed by atoms with Crippen molar-refractivity contribution in [2.75, 3.05) is 13.2 Å². The summed E-state index contributed by atoms with van der Waals surface area (Å²) in [6.07, 6.45) is 8.41. The maximum absolute atomic E-state index is 10.7. The van der Waals surface area contributed by atoms with Gasteiger partial charge in [0.25, 0.3) is 0 Å². The zero-order valence-corrected chi connectivity index (χ0v) is 19.6. The van der Waals surface area contributed by atoms with Crippen LogP contribution < -0.4 is 4.74 Å². The van der Waals surface area contributed by atoms with Gasteiger partial charge in [0, 0.05) is 35.6 Å². The molecule has 2 fully saturated rings. The van der Waals surface area contributed by atoms with Crippen molar-refractivity contribution < 1.29 is 14.6 Å². The van der Waals surface area contributed by atoms with Crippen molar-refractivity contribution >= 4 is 34.0 Å². The van der Waals surface area contributed by atoms with Crippen LogP contribution in [-0.4, -0.2) is 39.4 Å². The Balaban J connectivity index is 1.28. The van der Waals surface area contributed by atoms with Crippen molar-refractivity contribution in [2.45, 2.75) is 43.8 Å². The van der Waals surface area contributed by atoms with Crippen LogP contribution in [0.2, 0.25) is 5.02 Å². The molecular formula is C25H24ClN3O3S. The third kappa shape index (κ3) is 3.93. The largest absolute Gasteiger partial charge is 0.491 e. The van der Waals surface area contributed by atoms with Gasteiger partial charge in [-0.1, -0.05) is 11.6 Å². The maximum Gasteiger partial charge on any atom is 0.138 e. The molecule has 33 heavy (non-hydrogen) atoms. The van der Waals surface area contributed by atoms with Crippen LogP contribution in [0, 0.1) is 0 Å². The van der Waals surface area contributed by atoms with E-state index in [-0.39, 0.29) is 6.10 Å². The first kappa shape index (κ1) is 21.1. The number of aliphatic hydroxyl groups is 1. The zero-order valence-electron chi connectivity index (χ0n) is 18.0. The van der Waals surface area contributed by atoms with E-state index in [9.17, 15) is 5.11 Å². The average Bonchev–Trinajstić information content (AvgIpc) is 3.57. The number of thiazole rings is 1. The first-order valence-corrected chi connectivity index (χ1v) is 12.5. The quantitative estimate of drug-likeness (QED) is 0.356. The second-order valence-corrected chi connectivity index (χ2v) is 10.2. The van der Waals surface area contributed by atoms with Gasteiger partial charge in [-0.15, -0.1) is 11.3 Å². The highest BCUT2D eigenvalue weighted by molar-refractivity contribution is 7.15. The molecule has 2 N–H and O–H groups in total. The summed E-state index contributed by atoms with van der Waals surface area (Å²) >= 11 is 8.09. The summed E-state index contributed by atoms with van der Waals surface area (Å²) in [5.41, 5.74) is 2.87. The number of aromatic amines is 1. The molecule has 3 aromatic heterocycles. The molecule has 1 saturated heterocycles. The predicted molar refractivity (Wildman–Crippen MR) is 130 cm³/mol. The molecule has 1 aliphatic heterocycles. The summed E-state index contributed by atoms with van der Waals surface area (Å²) in [6.45, 7) is 1.42. The Kier molecular flexibility index (Phi) is 5.37. The van der Waals surface area contributed by atoms with Crippen LogP contribution in [-0.2, 0) is 10.3 Å². The molecule has 6 rings (SSSR count). The molecule has 2 aliphatic rings. The molecule has 0 radical (unpaired) electrons. The number of hydrogen-bond donors (Lipinski definition) is 2. The molecule has 0 amide bonds. The minimum Gasteiger partial charge on any atom is -0.491 e. The summed E-state index contributed by atoms with van der Waals surface area (Å²) < 4.78 is 11.5. The minimum atomic E-state index is -0.779. The van der Waals surface area contributed by atoms with Gasteiger partial charge in [0.05, 0.1) is 16.0 Å². The fraction of sp³-hybridized carbons (Fsp3) is 0.360. The van der Waals surface area contributed by atoms with E-state index in [4.69, 9.17) is 21.1 Å². The second kappa shape index (κ2) is 8.40. The number of pyridine rings is 1. The van der Waals surface area contributed by atoms with E-state index in [0.717, 1.165) is 82.2 Å². The molecule has 4 aromatic rings. The SMILES string of the molecule is OC1(c2ncc(-c3c(Cl)cnc4[nH]c(-c5ccc(OCC6CCCO6)cc5)cc34)s2)CCC1. The Hall–Kier alpha value is -2.45. The Morgan fingerprint density at radius 2 is 2.03 bits per heavy atom. The van der Waals surface area contributed by atoms with Gasteiger partial charge in [-0.25, -0.2) is 9.97 Å². The summed E-state index contributed by atoms with van der Waals surface area (Å²) in [5.74, 6) is 0.832. The highest BCUT2D eigenvalue weighted by Crippen LogP contribution is 2.46. The van der Waals surface area contributed by atoms with Gasteiger partial charge < -0.3 is 19.6 Å². The van der Waals surface area contributed by atoms with E-state index >= 15 is 0 Å². The number of H-pyrrole nitrogens is 1. The van der Waals surface area contributed by atoms with Crippen LogP contribution >= 0.6 is 22.9 Å². The molecule has 0 bridgehead atoms. The molecular weight excluding hydrogens is 458 g/mol. The van der Waals surface area contributed by atoms with Crippen LogP contribution in [0.5, 0.6) is 5.75 Å². The van der Waals surface area contributed by atoms with Crippen molar-refractivity contribution in [3.63, 3.8) is 0 Å². The fourth-order valence-electron chi connectivity index (χ4n) is 4.48. The number of fused-ring (bicyclic) bond motifs is 1. The summed E-state index contributed by atoms with van der Waals surface area (Å²) in [5, 5.41) is 12.9. The second-order valence-electron chi connectivity index (χ2n) is 8.81. The molecule has 1 aliphatic carbocycles. The van der Waals surface area contributed by atoms with Crippen LogP contribution in [0.15, 0.2) is 42.7 Å². The van der Waals surface area contributed by atoms with E-state index in [2.05, 4.69) is 21.0 Å². The monoisotopic (exact) mass is 481 g/mol. The number of halogens is 1. The first-order valence-electron chi connectivity index (χ1n) is 11.3. The normalized spacial score (nSPS) is 19.6. The van der Waals surface area contributed by atoms with Gasteiger partial charge in [-0.3, -0.25) is 0 Å². The highest BCUT2D eigenvalue weighted by atomic mass is 35.5. The van der Waals surface area contributed by atoms with E-state index < -0.39 is 5.60 Å². The van der Waals surface area contributed by atoms with E-state index in [1.165, 1.54) is 11.3 Å². The number of nitrogens with zero attached hydrogens (tertiary/aromatic N) is 2. The Morgan fingerprint density at radius 1 is 1.18 bits per heavy atom. The maximum atomic E-state index is 10.7.